The Labute approximate surface area is 147 Å². The number of rotatable bonds is 2. The van der Waals surface area contributed by atoms with Gasteiger partial charge in [0.05, 0.1) is 5.56 Å². The van der Waals surface area contributed by atoms with Gasteiger partial charge in [0.1, 0.15) is 0 Å². The fraction of sp³-hybridized carbons (Fsp3) is 0.316. The summed E-state index contributed by atoms with van der Waals surface area (Å²) in [5.41, 5.74) is 4.34. The molecule has 1 aromatic heterocycles. The van der Waals surface area contributed by atoms with Gasteiger partial charge in [-0.25, -0.2) is 4.79 Å². The molecule has 0 saturated carbocycles. The highest BCUT2D eigenvalue weighted by molar-refractivity contribution is 6.05. The van der Waals surface area contributed by atoms with Crippen LogP contribution in [0.5, 0.6) is 0 Å². The zero-order valence-corrected chi connectivity index (χ0v) is 14.7. The first kappa shape index (κ1) is 17.0. The molecule has 0 atom stereocenters. The molecule has 0 fully saturated rings. The maximum atomic E-state index is 12.7. The van der Waals surface area contributed by atoms with Crippen LogP contribution in [0.2, 0.25) is 0 Å². The minimum Gasteiger partial charge on any atom is -0.331 e. The molecule has 1 N–H and O–H groups in total. The number of hydrogen-bond donors (Lipinski definition) is 1. The van der Waals surface area contributed by atoms with Gasteiger partial charge in [0.15, 0.2) is 0 Å². The van der Waals surface area contributed by atoms with E-state index in [1.165, 1.54) is 0 Å². The van der Waals surface area contributed by atoms with Crippen molar-refractivity contribution in [3.63, 3.8) is 0 Å². The Morgan fingerprint density at radius 2 is 2.04 bits per heavy atom. The first-order valence-electron chi connectivity index (χ1n) is 8.25. The van der Waals surface area contributed by atoms with Gasteiger partial charge in [-0.3, -0.25) is 9.78 Å². The van der Waals surface area contributed by atoms with Crippen molar-refractivity contribution in [2.45, 2.75) is 19.9 Å². The second-order valence-electron chi connectivity index (χ2n) is 6.50. The summed E-state index contributed by atoms with van der Waals surface area (Å²) in [6.45, 7) is 3.06. The van der Waals surface area contributed by atoms with E-state index in [0.29, 0.717) is 25.1 Å². The number of nitrogens with one attached hydrogen (secondary N) is 1. The Hall–Kier alpha value is -2.89. The number of pyridine rings is 1. The zero-order chi connectivity index (χ0) is 18.0. The van der Waals surface area contributed by atoms with Crippen LogP contribution < -0.4 is 5.32 Å². The number of fused-ring (bicyclic) bond motifs is 1. The SMILES string of the molecule is Cc1cccc(NC(=O)c2cncc3c2CCN(C(=O)N(C)C)C3)c1. The minimum absolute atomic E-state index is 0.0275. The maximum absolute atomic E-state index is 12.7. The van der Waals surface area contributed by atoms with Crippen LogP contribution in [0.1, 0.15) is 27.0 Å². The number of carbonyl (C=O) groups excluding carboxylic acids is 2. The summed E-state index contributed by atoms with van der Waals surface area (Å²) in [6, 6.07) is 7.66. The number of benzene rings is 1. The number of nitrogens with zero attached hydrogens (tertiary/aromatic N) is 3. The van der Waals surface area contributed by atoms with Crippen molar-refractivity contribution in [1.29, 1.82) is 0 Å². The Morgan fingerprint density at radius 1 is 1.24 bits per heavy atom. The molecule has 3 amide bonds. The highest BCUT2D eigenvalue weighted by Gasteiger charge is 2.25. The van der Waals surface area contributed by atoms with Crippen molar-refractivity contribution in [1.82, 2.24) is 14.8 Å². The number of hydrogen-bond acceptors (Lipinski definition) is 3. The zero-order valence-electron chi connectivity index (χ0n) is 14.7. The smallest absolute Gasteiger partial charge is 0.319 e. The van der Waals surface area contributed by atoms with Gasteiger partial charge in [-0.1, -0.05) is 12.1 Å². The molecule has 2 aromatic rings. The predicted molar refractivity (Wildman–Crippen MR) is 96.6 cm³/mol. The lowest BCUT2D eigenvalue weighted by Crippen LogP contribution is -2.42. The lowest BCUT2D eigenvalue weighted by molar-refractivity contribution is 0.102. The fourth-order valence-electron chi connectivity index (χ4n) is 3.06. The van der Waals surface area contributed by atoms with Crippen molar-refractivity contribution in [3.05, 3.63) is 58.9 Å². The van der Waals surface area contributed by atoms with E-state index in [2.05, 4.69) is 10.3 Å². The molecule has 3 rings (SSSR count). The Morgan fingerprint density at radius 3 is 2.76 bits per heavy atom. The van der Waals surface area contributed by atoms with Crippen LogP contribution in [0, 0.1) is 6.92 Å². The topological polar surface area (TPSA) is 65.5 Å². The first-order chi connectivity index (χ1) is 12.0. The average molecular weight is 338 g/mol. The van der Waals surface area contributed by atoms with Gasteiger partial charge in [-0.05, 0) is 42.2 Å². The highest BCUT2D eigenvalue weighted by atomic mass is 16.2. The van der Waals surface area contributed by atoms with Crippen molar-refractivity contribution in [2.75, 3.05) is 26.0 Å². The van der Waals surface area contributed by atoms with Crippen molar-refractivity contribution in [2.24, 2.45) is 0 Å². The van der Waals surface area contributed by atoms with E-state index in [1.807, 2.05) is 31.2 Å². The highest BCUT2D eigenvalue weighted by Crippen LogP contribution is 2.23. The number of carbonyl (C=O) groups is 2. The summed E-state index contributed by atoms with van der Waals surface area (Å²) in [5, 5.41) is 2.93. The number of anilines is 1. The quantitative estimate of drug-likeness (QED) is 0.915. The Bertz CT molecular complexity index is 817. The van der Waals surface area contributed by atoms with E-state index in [1.54, 1.807) is 36.3 Å². The second kappa shape index (κ2) is 6.93. The second-order valence-corrected chi connectivity index (χ2v) is 6.50. The molecule has 0 bridgehead atoms. The number of urea groups is 1. The Kier molecular flexibility index (Phi) is 4.70. The minimum atomic E-state index is -0.165. The van der Waals surface area contributed by atoms with Crippen LogP contribution in [0.3, 0.4) is 0 Å². The van der Waals surface area contributed by atoms with Crippen molar-refractivity contribution < 1.29 is 9.59 Å². The Balaban J connectivity index is 1.82. The van der Waals surface area contributed by atoms with Gasteiger partial charge in [0.25, 0.3) is 5.91 Å². The predicted octanol–water partition coefficient (Wildman–Crippen LogP) is 2.68. The first-order valence-corrected chi connectivity index (χ1v) is 8.25. The molecule has 1 aromatic carbocycles. The standard InChI is InChI=1S/C19H22N4O2/c1-13-5-4-6-15(9-13)21-18(24)17-11-20-10-14-12-23(8-7-16(14)17)19(25)22(2)3/h4-6,9-11H,7-8,12H2,1-3H3,(H,21,24). The van der Waals surface area contributed by atoms with E-state index in [9.17, 15) is 9.59 Å². The van der Waals surface area contributed by atoms with Crippen LogP contribution >= 0.6 is 0 Å². The molecule has 0 aliphatic carbocycles. The van der Waals surface area contributed by atoms with Crippen LogP contribution in [-0.4, -0.2) is 47.4 Å². The van der Waals surface area contributed by atoms with E-state index in [4.69, 9.17) is 0 Å². The summed E-state index contributed by atoms with van der Waals surface area (Å²) in [5.74, 6) is -0.165. The van der Waals surface area contributed by atoms with Gasteiger partial charge < -0.3 is 15.1 Å². The average Bonchev–Trinajstić information content (AvgIpc) is 2.60. The molecule has 1 aliphatic rings. The van der Waals surface area contributed by atoms with Crippen molar-refractivity contribution in [3.8, 4) is 0 Å². The monoisotopic (exact) mass is 338 g/mol. The fourth-order valence-corrected chi connectivity index (χ4v) is 3.06. The van der Waals surface area contributed by atoms with Gasteiger partial charge in [0, 0.05) is 45.3 Å². The van der Waals surface area contributed by atoms with Crippen LogP contribution in [0.25, 0.3) is 0 Å². The van der Waals surface area contributed by atoms with Gasteiger partial charge in [-0.15, -0.1) is 0 Å². The lowest BCUT2D eigenvalue weighted by atomic mass is 9.96. The van der Waals surface area contributed by atoms with Crippen LogP contribution in [0.4, 0.5) is 10.5 Å². The third-order valence-electron chi connectivity index (χ3n) is 4.31. The van der Waals surface area contributed by atoms with Gasteiger partial charge >= 0.3 is 6.03 Å². The third-order valence-corrected chi connectivity index (χ3v) is 4.31. The molecule has 0 saturated heterocycles. The van der Waals surface area contributed by atoms with E-state index < -0.39 is 0 Å². The van der Waals surface area contributed by atoms with Crippen LogP contribution in [0.15, 0.2) is 36.7 Å². The van der Waals surface area contributed by atoms with Crippen molar-refractivity contribution >= 4 is 17.6 Å². The largest absolute Gasteiger partial charge is 0.331 e. The van der Waals surface area contributed by atoms with E-state index >= 15 is 0 Å². The molecule has 0 spiro atoms. The summed E-state index contributed by atoms with van der Waals surface area (Å²) < 4.78 is 0. The normalized spacial score (nSPS) is 13.2. The van der Waals surface area contributed by atoms with Gasteiger partial charge in [-0.2, -0.15) is 0 Å². The summed E-state index contributed by atoms with van der Waals surface area (Å²) in [6.07, 6.45) is 4.00. The molecular formula is C19H22N4O2. The molecule has 0 unspecified atom stereocenters. The lowest BCUT2D eigenvalue weighted by Gasteiger charge is -2.31. The molecule has 6 nitrogen and oxygen atoms in total. The van der Waals surface area contributed by atoms with E-state index in [0.717, 1.165) is 22.4 Å². The summed E-state index contributed by atoms with van der Waals surface area (Å²) in [7, 11) is 3.48. The number of amides is 3. The molecule has 25 heavy (non-hydrogen) atoms. The molecule has 0 radical (unpaired) electrons. The molecular weight excluding hydrogens is 316 g/mol. The van der Waals surface area contributed by atoms with Gasteiger partial charge in [0.2, 0.25) is 0 Å². The molecule has 130 valence electrons. The maximum Gasteiger partial charge on any atom is 0.319 e. The number of aromatic nitrogens is 1. The summed E-state index contributed by atoms with van der Waals surface area (Å²) >= 11 is 0. The number of aryl methyl sites for hydroxylation is 1. The third kappa shape index (κ3) is 3.63. The molecule has 6 heteroatoms. The molecule has 1 aliphatic heterocycles. The van der Waals surface area contributed by atoms with Crippen LogP contribution in [-0.2, 0) is 13.0 Å². The van der Waals surface area contributed by atoms with E-state index in [-0.39, 0.29) is 11.9 Å². The molecule has 2 heterocycles. The summed E-state index contributed by atoms with van der Waals surface area (Å²) in [4.78, 5) is 32.4.